The van der Waals surface area contributed by atoms with Crippen LogP contribution >= 0.6 is 0 Å². The Labute approximate surface area is 220 Å². The number of nitrogen functional groups attached to an aromatic ring is 1. The van der Waals surface area contributed by atoms with Crippen molar-refractivity contribution in [3.8, 4) is 11.6 Å². The summed E-state index contributed by atoms with van der Waals surface area (Å²) in [6.45, 7) is 7.85. The molecule has 0 saturated carbocycles. The zero-order valence-corrected chi connectivity index (χ0v) is 22.0. The van der Waals surface area contributed by atoms with Crippen molar-refractivity contribution < 1.29 is 19.4 Å². The third-order valence-corrected chi connectivity index (χ3v) is 6.20. The number of benzene rings is 1. The lowest BCUT2D eigenvalue weighted by molar-refractivity contribution is 0.111. The van der Waals surface area contributed by atoms with Crippen LogP contribution in [-0.4, -0.2) is 81.5 Å². The minimum Gasteiger partial charge on any atom is -0.465 e. The number of carboxylic acid groups (broad SMARTS) is 1. The van der Waals surface area contributed by atoms with Gasteiger partial charge in [-0.05, 0) is 31.4 Å². The number of nitrogens with zero attached hydrogens (tertiary/aromatic N) is 5. The number of nitrogens with one attached hydrogen (secondary N) is 2. The molecule has 2 unspecified atom stereocenters. The Morgan fingerprint density at radius 1 is 1.26 bits per heavy atom. The fraction of sp³-hybridized carbons (Fsp3) is 0.480. The van der Waals surface area contributed by atoms with Gasteiger partial charge >= 0.3 is 6.09 Å². The van der Waals surface area contributed by atoms with E-state index in [1.54, 1.807) is 31.4 Å². The molecule has 1 fully saturated rings. The number of methoxy groups -OCH3 is 1. The number of fused-ring (bicyclic) bond motifs is 1. The predicted molar refractivity (Wildman–Crippen MR) is 144 cm³/mol. The number of piperazine rings is 1. The molecule has 3 aromatic rings. The standard InChI is InChI=1S/C25H34N8O5/c1-14(2)10-16-12-32(8-9-33(16)25(35)36)19-11-20(30-24(29-19)27-15(3)13-37-4)38-18-7-5-6-17-21(18)31-22(26)23(34)28-17/h5-7,11,14-16H,8-10,12-13H2,1-4H3,(H2,26,31)(H,28,34)(H,35,36)(H,27,29,30). The summed E-state index contributed by atoms with van der Waals surface area (Å²) >= 11 is 0. The third-order valence-electron chi connectivity index (χ3n) is 6.20. The van der Waals surface area contributed by atoms with Crippen LogP contribution in [0.3, 0.4) is 0 Å². The van der Waals surface area contributed by atoms with Gasteiger partial charge in [0.2, 0.25) is 11.8 Å². The smallest absolute Gasteiger partial charge is 0.407 e. The van der Waals surface area contributed by atoms with E-state index in [1.165, 1.54) is 4.90 Å². The van der Waals surface area contributed by atoms with Crippen molar-refractivity contribution in [2.45, 2.75) is 39.3 Å². The molecule has 0 radical (unpaired) electrons. The number of H-pyrrole nitrogens is 1. The molecule has 38 heavy (non-hydrogen) atoms. The number of hydrogen-bond donors (Lipinski definition) is 4. The first-order valence-corrected chi connectivity index (χ1v) is 12.5. The van der Waals surface area contributed by atoms with Crippen LogP contribution < -0.4 is 26.2 Å². The highest BCUT2D eigenvalue weighted by atomic mass is 16.5. The van der Waals surface area contributed by atoms with Crippen molar-refractivity contribution in [1.29, 1.82) is 0 Å². The molecule has 1 aromatic carbocycles. The largest absolute Gasteiger partial charge is 0.465 e. The summed E-state index contributed by atoms with van der Waals surface area (Å²) in [5, 5.41) is 12.9. The van der Waals surface area contributed by atoms with E-state index in [0.29, 0.717) is 60.7 Å². The number of rotatable bonds is 9. The molecule has 1 aliphatic heterocycles. The second kappa shape index (κ2) is 11.5. The topological polar surface area (TPSA) is 172 Å². The van der Waals surface area contributed by atoms with E-state index in [9.17, 15) is 14.7 Å². The molecule has 3 heterocycles. The number of aromatic amines is 1. The average molecular weight is 527 g/mol. The SMILES string of the molecule is COCC(C)Nc1nc(Oc2cccc3[nH]c(=O)c(N)nc23)cc(N2CCN(C(=O)O)C(CC(C)C)C2)n1. The average Bonchev–Trinajstić information content (AvgIpc) is 2.84. The predicted octanol–water partition coefficient (Wildman–Crippen LogP) is 2.75. The van der Waals surface area contributed by atoms with Crippen LogP contribution in [0.1, 0.15) is 27.2 Å². The first-order chi connectivity index (χ1) is 18.1. The Kier molecular flexibility index (Phi) is 8.15. The number of nitrogens with two attached hydrogens (primary N) is 1. The van der Waals surface area contributed by atoms with Gasteiger partial charge in [0.05, 0.1) is 18.2 Å². The number of hydrogen-bond acceptors (Lipinski definition) is 10. The Morgan fingerprint density at radius 3 is 2.76 bits per heavy atom. The van der Waals surface area contributed by atoms with Gasteiger partial charge in [-0.2, -0.15) is 9.97 Å². The molecule has 1 amide bonds. The molecule has 0 aliphatic carbocycles. The zero-order valence-electron chi connectivity index (χ0n) is 22.0. The molecule has 13 heteroatoms. The minimum atomic E-state index is -0.918. The minimum absolute atomic E-state index is 0.0789. The first kappa shape index (κ1) is 26.9. The van der Waals surface area contributed by atoms with E-state index in [-0.39, 0.29) is 23.8 Å². The molecule has 0 bridgehead atoms. The molecule has 0 spiro atoms. The van der Waals surface area contributed by atoms with E-state index >= 15 is 0 Å². The Hall–Kier alpha value is -4.13. The van der Waals surface area contributed by atoms with Crippen molar-refractivity contribution in [1.82, 2.24) is 24.8 Å². The molecule has 5 N–H and O–H groups in total. The lowest BCUT2D eigenvalue weighted by Gasteiger charge is -2.41. The van der Waals surface area contributed by atoms with Crippen LogP contribution in [-0.2, 0) is 4.74 Å². The van der Waals surface area contributed by atoms with Crippen LogP contribution in [0, 0.1) is 5.92 Å². The fourth-order valence-corrected chi connectivity index (χ4v) is 4.56. The number of ether oxygens (including phenoxy) is 2. The molecule has 2 aromatic heterocycles. The van der Waals surface area contributed by atoms with Gasteiger partial charge in [0.25, 0.3) is 5.56 Å². The van der Waals surface area contributed by atoms with Gasteiger partial charge in [-0.15, -0.1) is 0 Å². The monoisotopic (exact) mass is 526 g/mol. The summed E-state index contributed by atoms with van der Waals surface area (Å²) in [4.78, 5) is 43.4. The van der Waals surface area contributed by atoms with E-state index < -0.39 is 11.7 Å². The van der Waals surface area contributed by atoms with Gasteiger partial charge in [0.1, 0.15) is 11.3 Å². The van der Waals surface area contributed by atoms with E-state index in [4.69, 9.17) is 20.2 Å². The number of aromatic nitrogens is 4. The van der Waals surface area contributed by atoms with Crippen molar-refractivity contribution >= 4 is 34.7 Å². The lowest BCUT2D eigenvalue weighted by atomic mass is 10.0. The van der Waals surface area contributed by atoms with Crippen molar-refractivity contribution in [3.05, 3.63) is 34.6 Å². The summed E-state index contributed by atoms with van der Waals surface area (Å²) in [5.74, 6) is 1.71. The van der Waals surface area contributed by atoms with Gasteiger partial charge in [0, 0.05) is 38.9 Å². The zero-order chi connectivity index (χ0) is 27.4. The maximum absolute atomic E-state index is 11.9. The lowest BCUT2D eigenvalue weighted by Crippen LogP contribution is -2.55. The molecule has 13 nitrogen and oxygen atoms in total. The number of amides is 1. The normalized spacial score (nSPS) is 16.6. The van der Waals surface area contributed by atoms with E-state index in [2.05, 4.69) is 34.1 Å². The van der Waals surface area contributed by atoms with Crippen molar-refractivity contribution in [2.75, 3.05) is 49.3 Å². The van der Waals surface area contributed by atoms with Crippen LogP contribution in [0.5, 0.6) is 11.6 Å². The highest BCUT2D eigenvalue weighted by Gasteiger charge is 2.32. The van der Waals surface area contributed by atoms with Crippen molar-refractivity contribution in [3.63, 3.8) is 0 Å². The van der Waals surface area contributed by atoms with Gasteiger partial charge in [-0.1, -0.05) is 19.9 Å². The number of anilines is 3. The molecule has 1 saturated heterocycles. The Balaban J connectivity index is 1.70. The van der Waals surface area contributed by atoms with Gasteiger partial charge in [-0.25, -0.2) is 9.78 Å². The van der Waals surface area contributed by atoms with Crippen LogP contribution in [0.15, 0.2) is 29.1 Å². The summed E-state index contributed by atoms with van der Waals surface area (Å²) in [6.07, 6.45) is -0.187. The first-order valence-electron chi connectivity index (χ1n) is 12.5. The van der Waals surface area contributed by atoms with Gasteiger partial charge in [-0.3, -0.25) is 4.79 Å². The Morgan fingerprint density at radius 2 is 2.05 bits per heavy atom. The third kappa shape index (κ3) is 6.22. The summed E-state index contributed by atoms with van der Waals surface area (Å²) in [6, 6.07) is 6.60. The highest BCUT2D eigenvalue weighted by Crippen LogP contribution is 2.30. The summed E-state index contributed by atoms with van der Waals surface area (Å²) in [7, 11) is 1.62. The van der Waals surface area contributed by atoms with Gasteiger partial charge < -0.3 is 40.4 Å². The molecule has 1 aliphatic rings. The maximum atomic E-state index is 11.9. The number of carbonyl (C=O) groups is 1. The number of para-hydroxylation sites is 1. The summed E-state index contributed by atoms with van der Waals surface area (Å²) in [5.41, 5.74) is 6.13. The molecular formula is C25H34N8O5. The fourth-order valence-electron chi connectivity index (χ4n) is 4.56. The second-order valence-corrected chi connectivity index (χ2v) is 9.80. The van der Waals surface area contributed by atoms with Crippen LogP contribution in [0.4, 0.5) is 22.4 Å². The van der Waals surface area contributed by atoms with Crippen molar-refractivity contribution in [2.24, 2.45) is 5.92 Å². The maximum Gasteiger partial charge on any atom is 0.407 e. The Bertz CT molecular complexity index is 1350. The van der Waals surface area contributed by atoms with Crippen LogP contribution in [0.25, 0.3) is 11.0 Å². The highest BCUT2D eigenvalue weighted by molar-refractivity contribution is 5.82. The molecule has 4 rings (SSSR count). The summed E-state index contributed by atoms with van der Waals surface area (Å²) < 4.78 is 11.4. The van der Waals surface area contributed by atoms with E-state index in [0.717, 1.165) is 6.42 Å². The molecule has 2 atom stereocenters. The molecular weight excluding hydrogens is 492 g/mol. The van der Waals surface area contributed by atoms with Gasteiger partial charge in [0.15, 0.2) is 11.6 Å². The van der Waals surface area contributed by atoms with E-state index in [1.807, 2.05) is 11.8 Å². The molecule has 204 valence electrons. The quantitative estimate of drug-likeness (QED) is 0.323. The second-order valence-electron chi connectivity index (χ2n) is 9.80. The van der Waals surface area contributed by atoms with Crippen LogP contribution in [0.2, 0.25) is 0 Å².